The van der Waals surface area contributed by atoms with Crippen LogP contribution in [0.5, 0.6) is 5.75 Å². The molecule has 0 atom stereocenters. The smallest absolute Gasteiger partial charge is 0.262 e. The number of amides is 4. The summed E-state index contributed by atoms with van der Waals surface area (Å²) in [6, 6.07) is 19.0. The number of carbonyl (C=O) groups excluding carboxylic acids is 4. The average Bonchev–Trinajstić information content (AvgIpc) is 3.90. The fourth-order valence-electron chi connectivity index (χ4n) is 4.74. The topological polar surface area (TPSA) is 161 Å². The average molecular weight is 616 g/mol. The van der Waals surface area contributed by atoms with Crippen LogP contribution in [0.4, 0.5) is 11.4 Å². The Labute approximate surface area is 261 Å². The van der Waals surface area contributed by atoms with Gasteiger partial charge in [-0.15, -0.1) is 0 Å². The standard InChI is InChI=1S/C33H37N5O7/c34-13-15-43-17-18-44-16-14-35-31(40)23-5-8-26(9-6-23)36-32(41)24-3-1-22(2-4-24)20-38(27-10-11-27)33(42)25-7-12-28-29(19-25)45-21-30(39)37-28/h1-9,12,19,27H,10-11,13-18,20-21,34H2,(H,35,40)(H,36,41)(H,37,39). The number of benzene rings is 3. The molecule has 0 radical (unpaired) electrons. The molecule has 0 saturated heterocycles. The van der Waals surface area contributed by atoms with E-state index in [-0.39, 0.29) is 36.3 Å². The van der Waals surface area contributed by atoms with Gasteiger partial charge in [-0.1, -0.05) is 12.1 Å². The zero-order chi connectivity index (χ0) is 31.6. The molecule has 1 aliphatic heterocycles. The second-order valence-electron chi connectivity index (χ2n) is 10.7. The van der Waals surface area contributed by atoms with Crippen molar-refractivity contribution in [2.75, 3.05) is 56.8 Å². The largest absolute Gasteiger partial charge is 0.482 e. The predicted octanol–water partition coefficient (Wildman–Crippen LogP) is 2.80. The van der Waals surface area contributed by atoms with Gasteiger partial charge in [0, 0.05) is 48.1 Å². The summed E-state index contributed by atoms with van der Waals surface area (Å²) < 4.78 is 16.1. The van der Waals surface area contributed by atoms with E-state index in [4.69, 9.17) is 19.9 Å². The van der Waals surface area contributed by atoms with Crippen LogP contribution in [-0.4, -0.2) is 80.7 Å². The van der Waals surface area contributed by atoms with Crippen LogP contribution in [0.3, 0.4) is 0 Å². The minimum atomic E-state index is -0.289. The van der Waals surface area contributed by atoms with Gasteiger partial charge in [-0.3, -0.25) is 19.2 Å². The molecule has 1 fully saturated rings. The highest BCUT2D eigenvalue weighted by Crippen LogP contribution is 2.33. The van der Waals surface area contributed by atoms with Crippen LogP contribution in [0.2, 0.25) is 0 Å². The molecule has 5 rings (SSSR count). The molecule has 0 bridgehead atoms. The number of fused-ring (bicyclic) bond motifs is 1. The van der Waals surface area contributed by atoms with E-state index in [2.05, 4.69) is 16.0 Å². The highest BCUT2D eigenvalue weighted by molar-refractivity contribution is 6.04. The molecule has 4 amide bonds. The van der Waals surface area contributed by atoms with E-state index < -0.39 is 0 Å². The lowest BCUT2D eigenvalue weighted by molar-refractivity contribution is -0.118. The van der Waals surface area contributed by atoms with E-state index in [0.717, 1.165) is 18.4 Å². The number of ether oxygens (including phenoxy) is 3. The Hall–Kier alpha value is -4.78. The van der Waals surface area contributed by atoms with Crippen LogP contribution in [0.1, 0.15) is 49.5 Å². The summed E-state index contributed by atoms with van der Waals surface area (Å²) >= 11 is 0. The Bertz CT molecular complexity index is 1510. The predicted molar refractivity (Wildman–Crippen MR) is 167 cm³/mol. The third-order valence-corrected chi connectivity index (χ3v) is 7.25. The zero-order valence-electron chi connectivity index (χ0n) is 24.9. The molecule has 45 heavy (non-hydrogen) atoms. The second-order valence-corrected chi connectivity index (χ2v) is 10.7. The fourth-order valence-corrected chi connectivity index (χ4v) is 4.74. The number of hydrogen-bond acceptors (Lipinski definition) is 8. The maximum Gasteiger partial charge on any atom is 0.262 e. The van der Waals surface area contributed by atoms with Crippen molar-refractivity contribution in [3.63, 3.8) is 0 Å². The van der Waals surface area contributed by atoms with E-state index in [1.807, 2.05) is 17.0 Å². The van der Waals surface area contributed by atoms with E-state index in [9.17, 15) is 19.2 Å². The fraction of sp³-hybridized carbons (Fsp3) is 0.333. The summed E-state index contributed by atoms with van der Waals surface area (Å²) in [6.45, 7) is 2.90. The van der Waals surface area contributed by atoms with Crippen LogP contribution in [0.25, 0.3) is 0 Å². The zero-order valence-corrected chi connectivity index (χ0v) is 24.9. The maximum absolute atomic E-state index is 13.4. The molecule has 5 N–H and O–H groups in total. The van der Waals surface area contributed by atoms with E-state index in [0.29, 0.717) is 79.9 Å². The number of nitrogens with one attached hydrogen (secondary N) is 3. The summed E-state index contributed by atoms with van der Waals surface area (Å²) in [7, 11) is 0. The highest BCUT2D eigenvalue weighted by atomic mass is 16.5. The number of rotatable bonds is 15. The van der Waals surface area contributed by atoms with Gasteiger partial charge in [0.05, 0.1) is 32.1 Å². The van der Waals surface area contributed by atoms with Crippen molar-refractivity contribution in [3.8, 4) is 5.75 Å². The lowest BCUT2D eigenvalue weighted by Gasteiger charge is -2.24. The van der Waals surface area contributed by atoms with Gasteiger partial charge < -0.3 is 40.8 Å². The first-order valence-corrected chi connectivity index (χ1v) is 14.9. The summed E-state index contributed by atoms with van der Waals surface area (Å²) in [6.07, 6.45) is 1.87. The molecule has 236 valence electrons. The Morgan fingerprint density at radius 2 is 1.53 bits per heavy atom. The van der Waals surface area contributed by atoms with Crippen molar-refractivity contribution >= 4 is 35.0 Å². The lowest BCUT2D eigenvalue weighted by atomic mass is 10.1. The second kappa shape index (κ2) is 15.3. The monoisotopic (exact) mass is 615 g/mol. The summed E-state index contributed by atoms with van der Waals surface area (Å²) in [5.41, 5.74) is 8.78. The third kappa shape index (κ3) is 8.88. The van der Waals surface area contributed by atoms with E-state index >= 15 is 0 Å². The maximum atomic E-state index is 13.4. The van der Waals surface area contributed by atoms with Gasteiger partial charge in [0.2, 0.25) is 0 Å². The first-order valence-electron chi connectivity index (χ1n) is 14.9. The van der Waals surface area contributed by atoms with Gasteiger partial charge in [-0.25, -0.2) is 0 Å². The highest BCUT2D eigenvalue weighted by Gasteiger charge is 2.33. The molecule has 1 saturated carbocycles. The summed E-state index contributed by atoms with van der Waals surface area (Å²) in [4.78, 5) is 52.1. The van der Waals surface area contributed by atoms with Crippen LogP contribution in [-0.2, 0) is 20.8 Å². The normalized spacial score (nSPS) is 13.7. The SMILES string of the molecule is NCCOCCOCCNC(=O)c1ccc(NC(=O)c2ccc(CN(C(=O)c3ccc4c(c3)OCC(=O)N4)C3CC3)cc2)cc1. The number of nitrogens with two attached hydrogens (primary N) is 1. The van der Waals surface area contributed by atoms with Crippen LogP contribution >= 0.6 is 0 Å². The number of carbonyl (C=O) groups is 4. The quantitative estimate of drug-likeness (QED) is 0.190. The Morgan fingerprint density at radius 3 is 2.24 bits per heavy atom. The molecule has 3 aromatic rings. The summed E-state index contributed by atoms with van der Waals surface area (Å²) in [5, 5.41) is 8.37. The lowest BCUT2D eigenvalue weighted by Crippen LogP contribution is -2.33. The van der Waals surface area contributed by atoms with Crippen molar-refractivity contribution in [1.29, 1.82) is 0 Å². The Kier molecular flexibility index (Phi) is 10.7. The van der Waals surface area contributed by atoms with Gasteiger partial charge in [-0.05, 0) is 73.0 Å². The van der Waals surface area contributed by atoms with Gasteiger partial charge in [0.25, 0.3) is 23.6 Å². The van der Waals surface area contributed by atoms with Crippen molar-refractivity contribution in [2.24, 2.45) is 5.73 Å². The van der Waals surface area contributed by atoms with Crippen LogP contribution in [0, 0.1) is 0 Å². The molecule has 12 nitrogen and oxygen atoms in total. The number of nitrogens with zero attached hydrogens (tertiary/aromatic N) is 1. The Balaban J connectivity index is 1.10. The molecule has 0 spiro atoms. The minimum Gasteiger partial charge on any atom is -0.482 e. The minimum absolute atomic E-state index is 0.0798. The van der Waals surface area contributed by atoms with Crippen LogP contribution in [0.15, 0.2) is 66.7 Å². The number of hydrogen-bond donors (Lipinski definition) is 4. The molecular weight excluding hydrogens is 578 g/mol. The first kappa shape index (κ1) is 31.6. The summed E-state index contributed by atoms with van der Waals surface area (Å²) in [5.74, 6) is -0.388. The van der Waals surface area contributed by atoms with Gasteiger partial charge in [0.15, 0.2) is 6.61 Å². The van der Waals surface area contributed by atoms with Gasteiger partial charge in [-0.2, -0.15) is 0 Å². The van der Waals surface area contributed by atoms with Gasteiger partial charge in [0.1, 0.15) is 5.75 Å². The molecule has 3 aromatic carbocycles. The number of anilines is 2. The van der Waals surface area contributed by atoms with Crippen molar-refractivity contribution < 1.29 is 33.4 Å². The molecule has 1 aliphatic carbocycles. The van der Waals surface area contributed by atoms with E-state index in [1.54, 1.807) is 54.6 Å². The van der Waals surface area contributed by atoms with Crippen molar-refractivity contribution in [2.45, 2.75) is 25.4 Å². The van der Waals surface area contributed by atoms with Crippen molar-refractivity contribution in [3.05, 3.63) is 89.0 Å². The molecule has 0 aromatic heterocycles. The molecule has 2 aliphatic rings. The first-order chi connectivity index (χ1) is 21.9. The van der Waals surface area contributed by atoms with Gasteiger partial charge >= 0.3 is 0 Å². The molecule has 1 heterocycles. The van der Waals surface area contributed by atoms with Crippen molar-refractivity contribution in [1.82, 2.24) is 10.2 Å². The third-order valence-electron chi connectivity index (χ3n) is 7.25. The van der Waals surface area contributed by atoms with E-state index in [1.165, 1.54) is 0 Å². The molecule has 12 heteroatoms. The molecule has 0 unspecified atom stereocenters. The van der Waals surface area contributed by atoms with Crippen LogP contribution < -0.4 is 26.4 Å². The Morgan fingerprint density at radius 1 is 0.867 bits per heavy atom. The molecular formula is C33H37N5O7.